The molecule has 0 spiro atoms. The summed E-state index contributed by atoms with van der Waals surface area (Å²) in [5.74, 6) is -0.900. The van der Waals surface area contributed by atoms with Gasteiger partial charge >= 0.3 is 0 Å². The number of hydrogen-bond donors (Lipinski definition) is 2. The molecule has 0 aliphatic carbocycles. The van der Waals surface area contributed by atoms with Crippen LogP contribution in [0.1, 0.15) is 12.5 Å². The first kappa shape index (κ1) is 18.3. The van der Waals surface area contributed by atoms with Crippen molar-refractivity contribution < 1.29 is 14.7 Å². The van der Waals surface area contributed by atoms with Crippen molar-refractivity contribution in [2.75, 3.05) is 6.54 Å². The van der Waals surface area contributed by atoms with Gasteiger partial charge in [0.25, 0.3) is 5.91 Å². The van der Waals surface area contributed by atoms with Crippen LogP contribution >= 0.6 is 0 Å². The van der Waals surface area contributed by atoms with E-state index in [2.05, 4.69) is 15.5 Å². The molecule has 0 radical (unpaired) electrons. The van der Waals surface area contributed by atoms with Crippen LogP contribution in [0.5, 0.6) is 5.88 Å². The van der Waals surface area contributed by atoms with E-state index in [0.29, 0.717) is 11.9 Å². The van der Waals surface area contributed by atoms with E-state index in [1.54, 1.807) is 4.57 Å². The molecule has 138 valence electrons. The van der Waals surface area contributed by atoms with Gasteiger partial charge in [-0.15, -0.1) is 10.2 Å². The lowest BCUT2D eigenvalue weighted by atomic mass is 10.1. The Morgan fingerprint density at radius 1 is 1.07 bits per heavy atom. The highest BCUT2D eigenvalue weighted by atomic mass is 16.3. The molecule has 0 unspecified atom stereocenters. The maximum absolute atomic E-state index is 11.9. The summed E-state index contributed by atoms with van der Waals surface area (Å²) >= 11 is 0. The zero-order valence-corrected chi connectivity index (χ0v) is 14.9. The van der Waals surface area contributed by atoms with Gasteiger partial charge in [-0.1, -0.05) is 48.5 Å². The van der Waals surface area contributed by atoms with Crippen molar-refractivity contribution in [3.8, 4) is 5.88 Å². The van der Waals surface area contributed by atoms with Gasteiger partial charge in [0.15, 0.2) is 5.69 Å². The topological polar surface area (TPSA) is 96.0 Å². The number of hydrogen-bond acceptors (Lipinski definition) is 4. The smallest absolute Gasteiger partial charge is 0.283 e. The van der Waals surface area contributed by atoms with Crippen molar-refractivity contribution in [3.05, 3.63) is 60.2 Å². The zero-order chi connectivity index (χ0) is 19.2. The van der Waals surface area contributed by atoms with Crippen LogP contribution in [0, 0.1) is 0 Å². The third-order valence-electron chi connectivity index (χ3n) is 4.14. The Hall–Kier alpha value is -3.48. The molecule has 0 saturated carbocycles. The molecule has 7 nitrogen and oxygen atoms in total. The number of nitrogens with zero attached hydrogens (tertiary/aromatic N) is 3. The number of aryl methyl sites for hydroxylation is 1. The third-order valence-corrected chi connectivity index (χ3v) is 4.14. The summed E-state index contributed by atoms with van der Waals surface area (Å²) in [7, 11) is 0. The third kappa shape index (κ3) is 4.20. The van der Waals surface area contributed by atoms with Crippen LogP contribution in [-0.2, 0) is 22.6 Å². The SMILES string of the molecule is CCn1c(O)c(N=NC(=O)CNC(=O)Cc2ccccc2)c2ccccc21. The van der Waals surface area contributed by atoms with Crippen LogP contribution in [0.25, 0.3) is 10.9 Å². The fourth-order valence-electron chi connectivity index (χ4n) is 2.85. The average Bonchev–Trinajstić information content (AvgIpc) is 2.96. The first-order valence-electron chi connectivity index (χ1n) is 8.65. The fraction of sp³-hybridized carbons (Fsp3) is 0.200. The van der Waals surface area contributed by atoms with Crippen LogP contribution in [0.2, 0.25) is 0 Å². The molecule has 3 rings (SSSR count). The summed E-state index contributed by atoms with van der Waals surface area (Å²) in [6.07, 6.45) is 0.191. The number of benzene rings is 2. The molecule has 1 heterocycles. The van der Waals surface area contributed by atoms with Gasteiger partial charge in [-0.2, -0.15) is 0 Å². The summed E-state index contributed by atoms with van der Waals surface area (Å²) in [5, 5.41) is 21.1. The summed E-state index contributed by atoms with van der Waals surface area (Å²) in [6.45, 7) is 2.22. The minimum Gasteiger partial charge on any atom is -0.493 e. The van der Waals surface area contributed by atoms with Gasteiger partial charge in [0.1, 0.15) is 6.54 Å². The van der Waals surface area contributed by atoms with Crippen LogP contribution in [0.15, 0.2) is 64.8 Å². The molecule has 0 saturated heterocycles. The number of aromatic nitrogens is 1. The van der Waals surface area contributed by atoms with Gasteiger partial charge in [-0.25, -0.2) is 0 Å². The van der Waals surface area contributed by atoms with E-state index in [9.17, 15) is 14.7 Å². The number of amides is 2. The molecule has 0 atom stereocenters. The van der Waals surface area contributed by atoms with Gasteiger partial charge in [-0.05, 0) is 18.6 Å². The number of para-hydroxylation sites is 1. The zero-order valence-electron chi connectivity index (χ0n) is 14.9. The number of carbonyl (C=O) groups excluding carboxylic acids is 2. The largest absolute Gasteiger partial charge is 0.493 e. The molecule has 7 heteroatoms. The van der Waals surface area contributed by atoms with Crippen molar-refractivity contribution in [2.45, 2.75) is 19.9 Å². The Kier molecular flexibility index (Phi) is 5.61. The highest BCUT2D eigenvalue weighted by molar-refractivity contribution is 5.95. The van der Waals surface area contributed by atoms with Gasteiger partial charge in [0.05, 0.1) is 11.9 Å². The molecule has 0 aliphatic rings. The van der Waals surface area contributed by atoms with Crippen molar-refractivity contribution in [1.29, 1.82) is 0 Å². The summed E-state index contributed by atoms with van der Waals surface area (Å²) < 4.78 is 1.69. The van der Waals surface area contributed by atoms with Crippen LogP contribution in [0.4, 0.5) is 5.69 Å². The second-order valence-corrected chi connectivity index (χ2v) is 5.97. The maximum Gasteiger partial charge on any atom is 0.283 e. The minimum absolute atomic E-state index is 0.0386. The predicted octanol–water partition coefficient (Wildman–Crippen LogP) is 3.34. The van der Waals surface area contributed by atoms with Gasteiger partial charge in [-0.3, -0.25) is 9.59 Å². The molecule has 0 aliphatic heterocycles. The molecular formula is C20H20N4O3. The van der Waals surface area contributed by atoms with Crippen molar-refractivity contribution in [1.82, 2.24) is 9.88 Å². The fourth-order valence-corrected chi connectivity index (χ4v) is 2.85. The number of fused-ring (bicyclic) bond motifs is 1. The lowest BCUT2D eigenvalue weighted by molar-refractivity contribution is -0.124. The van der Waals surface area contributed by atoms with Gasteiger partial charge < -0.3 is 15.0 Å². The van der Waals surface area contributed by atoms with E-state index in [0.717, 1.165) is 11.1 Å². The Morgan fingerprint density at radius 3 is 2.52 bits per heavy atom. The van der Waals surface area contributed by atoms with E-state index < -0.39 is 5.91 Å². The van der Waals surface area contributed by atoms with E-state index in [-0.39, 0.29) is 30.4 Å². The van der Waals surface area contributed by atoms with E-state index in [4.69, 9.17) is 0 Å². The number of nitrogens with one attached hydrogen (secondary N) is 1. The lowest BCUT2D eigenvalue weighted by Gasteiger charge is -2.02. The number of aromatic hydroxyl groups is 1. The summed E-state index contributed by atoms with van der Waals surface area (Å²) in [5.41, 5.74) is 1.92. The summed E-state index contributed by atoms with van der Waals surface area (Å²) in [4.78, 5) is 23.8. The molecule has 2 aromatic carbocycles. The number of azo groups is 1. The molecule has 2 amide bonds. The molecule has 1 aromatic heterocycles. The molecule has 0 bridgehead atoms. The van der Waals surface area contributed by atoms with Crippen molar-refractivity contribution in [2.24, 2.45) is 10.2 Å². The Labute approximate surface area is 156 Å². The minimum atomic E-state index is -0.593. The van der Waals surface area contributed by atoms with Gasteiger partial charge in [0.2, 0.25) is 11.8 Å². The quantitative estimate of drug-likeness (QED) is 0.657. The van der Waals surface area contributed by atoms with Crippen LogP contribution in [-0.4, -0.2) is 28.0 Å². The van der Waals surface area contributed by atoms with Crippen LogP contribution < -0.4 is 5.32 Å². The first-order chi connectivity index (χ1) is 13.1. The Bertz CT molecular complexity index is 993. The standard InChI is InChI=1S/C20H20N4O3/c1-2-24-16-11-7-6-10-15(16)19(20(24)27)23-22-18(26)13-21-17(25)12-14-8-4-3-5-9-14/h3-11,27H,2,12-13H2,1H3,(H,21,25). The average molecular weight is 364 g/mol. The second kappa shape index (κ2) is 8.27. The maximum atomic E-state index is 11.9. The molecule has 0 fully saturated rings. The monoisotopic (exact) mass is 364 g/mol. The Morgan fingerprint density at radius 2 is 1.78 bits per heavy atom. The van der Waals surface area contributed by atoms with Crippen LogP contribution in [0.3, 0.4) is 0 Å². The van der Waals surface area contributed by atoms with Gasteiger partial charge in [0, 0.05) is 11.9 Å². The van der Waals surface area contributed by atoms with Crippen molar-refractivity contribution in [3.63, 3.8) is 0 Å². The Balaban J connectivity index is 1.64. The second-order valence-electron chi connectivity index (χ2n) is 5.97. The molecule has 3 aromatic rings. The molecule has 2 N–H and O–H groups in total. The van der Waals surface area contributed by atoms with Crippen molar-refractivity contribution >= 4 is 28.4 Å². The van der Waals surface area contributed by atoms with E-state index in [1.807, 2.05) is 61.5 Å². The predicted molar refractivity (Wildman–Crippen MR) is 102 cm³/mol. The first-order valence-corrected chi connectivity index (χ1v) is 8.65. The molecular weight excluding hydrogens is 344 g/mol. The highest BCUT2D eigenvalue weighted by Gasteiger charge is 2.15. The normalized spacial score (nSPS) is 11.1. The lowest BCUT2D eigenvalue weighted by Crippen LogP contribution is -2.29. The number of carbonyl (C=O) groups is 2. The summed E-state index contributed by atoms with van der Waals surface area (Å²) in [6, 6.07) is 16.6. The number of rotatable bonds is 6. The highest BCUT2D eigenvalue weighted by Crippen LogP contribution is 2.38. The van der Waals surface area contributed by atoms with E-state index >= 15 is 0 Å². The van der Waals surface area contributed by atoms with E-state index in [1.165, 1.54) is 0 Å². The molecule has 27 heavy (non-hydrogen) atoms.